The summed E-state index contributed by atoms with van der Waals surface area (Å²) in [6, 6.07) is 0. The summed E-state index contributed by atoms with van der Waals surface area (Å²) in [5, 5.41) is 18.6. The lowest BCUT2D eigenvalue weighted by molar-refractivity contribution is -0.117. The fourth-order valence-corrected chi connectivity index (χ4v) is 4.01. The van der Waals surface area contributed by atoms with E-state index in [2.05, 4.69) is 13.8 Å². The zero-order valence-electron chi connectivity index (χ0n) is 11.4. The van der Waals surface area contributed by atoms with E-state index in [9.17, 15) is 15.0 Å². The number of allylic oxidation sites excluding steroid dienone is 2. The zero-order chi connectivity index (χ0) is 13.3. The van der Waals surface area contributed by atoms with Gasteiger partial charge in [-0.05, 0) is 49.5 Å². The molecule has 0 heterocycles. The molecule has 0 amide bonds. The first-order valence-corrected chi connectivity index (χ1v) is 6.97. The molecule has 1 fully saturated rings. The van der Waals surface area contributed by atoms with Crippen LogP contribution in [0.25, 0.3) is 0 Å². The Balaban J connectivity index is 2.19. The predicted octanol–water partition coefficient (Wildman–Crippen LogP) is 1.93. The molecule has 0 radical (unpaired) electrons. The van der Waals surface area contributed by atoms with Crippen LogP contribution in [-0.4, -0.2) is 29.2 Å². The third-order valence-corrected chi connectivity index (χ3v) is 5.34. The van der Waals surface area contributed by atoms with Gasteiger partial charge in [-0.3, -0.25) is 4.79 Å². The highest BCUT2D eigenvalue weighted by atomic mass is 16.3. The summed E-state index contributed by atoms with van der Waals surface area (Å²) in [5.74, 6) is 1.02. The molecule has 0 bridgehead atoms. The van der Waals surface area contributed by atoms with Crippen LogP contribution in [0.4, 0.5) is 0 Å². The number of hydrogen-bond acceptors (Lipinski definition) is 3. The molecule has 0 aromatic heterocycles. The Hall–Kier alpha value is -0.670. The number of hydrogen-bond donors (Lipinski definition) is 2. The van der Waals surface area contributed by atoms with Crippen molar-refractivity contribution in [1.82, 2.24) is 0 Å². The molecule has 0 aromatic carbocycles. The summed E-state index contributed by atoms with van der Waals surface area (Å²) in [6.07, 6.45) is 5.61. The van der Waals surface area contributed by atoms with E-state index < -0.39 is 0 Å². The number of carbonyl (C=O) groups is 1. The van der Waals surface area contributed by atoms with E-state index in [4.69, 9.17) is 0 Å². The Morgan fingerprint density at radius 2 is 2.11 bits per heavy atom. The maximum atomic E-state index is 11.6. The molecular weight excluding hydrogens is 228 g/mol. The molecule has 3 heteroatoms. The van der Waals surface area contributed by atoms with Crippen molar-refractivity contribution < 1.29 is 15.0 Å². The van der Waals surface area contributed by atoms with Gasteiger partial charge in [-0.15, -0.1) is 0 Å². The van der Waals surface area contributed by atoms with Crippen molar-refractivity contribution in [2.45, 2.75) is 39.5 Å². The van der Waals surface area contributed by atoms with Gasteiger partial charge in [-0.1, -0.05) is 12.5 Å². The van der Waals surface area contributed by atoms with Crippen LogP contribution in [0.3, 0.4) is 0 Å². The van der Waals surface area contributed by atoms with Crippen molar-refractivity contribution in [1.29, 1.82) is 0 Å². The number of carbonyl (C=O) groups excluding carboxylic acids is 1. The highest BCUT2D eigenvalue weighted by Gasteiger charge is 2.48. The summed E-state index contributed by atoms with van der Waals surface area (Å²) in [6.45, 7) is 4.37. The maximum absolute atomic E-state index is 11.6. The van der Waals surface area contributed by atoms with Gasteiger partial charge in [0.2, 0.25) is 0 Å². The van der Waals surface area contributed by atoms with Crippen LogP contribution in [0.5, 0.6) is 0 Å². The van der Waals surface area contributed by atoms with Crippen molar-refractivity contribution in [2.24, 2.45) is 23.2 Å². The Labute approximate surface area is 109 Å². The quantitative estimate of drug-likeness (QED) is 0.807. The third-order valence-electron chi connectivity index (χ3n) is 5.34. The Kier molecular flexibility index (Phi) is 3.93. The molecule has 18 heavy (non-hydrogen) atoms. The van der Waals surface area contributed by atoms with E-state index in [-0.39, 0.29) is 30.3 Å². The maximum Gasteiger partial charge on any atom is 0.155 e. The molecule has 3 atom stereocenters. The second-order valence-electron chi connectivity index (χ2n) is 6.18. The van der Waals surface area contributed by atoms with Crippen molar-refractivity contribution in [3.05, 3.63) is 11.6 Å². The fraction of sp³-hybridized carbons (Fsp3) is 0.800. The Bertz CT molecular complexity index is 357. The number of aliphatic hydroxyl groups excluding tert-OH is 2. The second kappa shape index (κ2) is 5.14. The highest BCUT2D eigenvalue weighted by Crippen LogP contribution is 2.56. The van der Waals surface area contributed by atoms with Gasteiger partial charge < -0.3 is 10.2 Å². The SMILES string of the molecule is CC1=CC(=O)CC(C)C12CCC(C(CO)CO)C2. The van der Waals surface area contributed by atoms with Crippen LogP contribution in [0, 0.1) is 23.2 Å². The smallest absolute Gasteiger partial charge is 0.155 e. The fourth-order valence-electron chi connectivity index (χ4n) is 4.01. The number of aliphatic hydroxyl groups is 2. The molecule has 3 unspecified atom stereocenters. The van der Waals surface area contributed by atoms with E-state index in [1.54, 1.807) is 0 Å². The lowest BCUT2D eigenvalue weighted by Gasteiger charge is -2.40. The average Bonchev–Trinajstić information content (AvgIpc) is 2.75. The van der Waals surface area contributed by atoms with Crippen molar-refractivity contribution in [3.8, 4) is 0 Å². The van der Waals surface area contributed by atoms with Gasteiger partial charge in [0.15, 0.2) is 5.78 Å². The Morgan fingerprint density at radius 1 is 1.44 bits per heavy atom. The Morgan fingerprint density at radius 3 is 2.67 bits per heavy atom. The molecule has 0 aromatic rings. The monoisotopic (exact) mass is 252 g/mol. The van der Waals surface area contributed by atoms with Crippen LogP contribution in [0.15, 0.2) is 11.6 Å². The van der Waals surface area contributed by atoms with E-state index >= 15 is 0 Å². The zero-order valence-corrected chi connectivity index (χ0v) is 11.4. The summed E-state index contributed by atoms with van der Waals surface area (Å²) >= 11 is 0. The minimum atomic E-state index is 0.00185. The first-order chi connectivity index (χ1) is 8.53. The standard InChI is InChI=1S/C15H24O3/c1-10-5-14(18)6-11(2)15(10)4-3-12(7-15)13(8-16)9-17/h5,11-13,16-17H,3-4,6-9H2,1-2H3. The van der Waals surface area contributed by atoms with Crippen LogP contribution in [0.2, 0.25) is 0 Å². The van der Waals surface area contributed by atoms with Gasteiger partial charge in [-0.25, -0.2) is 0 Å². The van der Waals surface area contributed by atoms with Crippen LogP contribution in [-0.2, 0) is 4.79 Å². The van der Waals surface area contributed by atoms with E-state index in [0.29, 0.717) is 18.3 Å². The van der Waals surface area contributed by atoms with Crippen molar-refractivity contribution in [2.75, 3.05) is 13.2 Å². The lowest BCUT2D eigenvalue weighted by Crippen LogP contribution is -2.34. The molecule has 0 aliphatic heterocycles. The van der Waals surface area contributed by atoms with E-state index in [0.717, 1.165) is 19.3 Å². The van der Waals surface area contributed by atoms with Crippen molar-refractivity contribution >= 4 is 5.78 Å². The van der Waals surface area contributed by atoms with Crippen molar-refractivity contribution in [3.63, 3.8) is 0 Å². The molecule has 0 saturated heterocycles. The largest absolute Gasteiger partial charge is 0.396 e. The minimum Gasteiger partial charge on any atom is -0.396 e. The highest BCUT2D eigenvalue weighted by molar-refractivity contribution is 5.91. The van der Waals surface area contributed by atoms with Crippen LogP contribution < -0.4 is 0 Å². The van der Waals surface area contributed by atoms with Crippen LogP contribution >= 0.6 is 0 Å². The molecule has 3 nitrogen and oxygen atoms in total. The summed E-state index contributed by atoms with van der Waals surface area (Å²) in [4.78, 5) is 11.6. The first kappa shape index (κ1) is 13.8. The lowest BCUT2D eigenvalue weighted by atomic mass is 9.64. The molecule has 2 aliphatic carbocycles. The van der Waals surface area contributed by atoms with Gasteiger partial charge in [0.25, 0.3) is 0 Å². The van der Waals surface area contributed by atoms with Gasteiger partial charge in [0.05, 0.1) is 0 Å². The molecule has 2 aliphatic rings. The van der Waals surface area contributed by atoms with E-state index in [1.165, 1.54) is 5.57 Å². The normalized spacial score (nSPS) is 36.5. The van der Waals surface area contributed by atoms with Crippen LogP contribution in [0.1, 0.15) is 39.5 Å². The summed E-state index contributed by atoms with van der Waals surface area (Å²) in [7, 11) is 0. The minimum absolute atomic E-state index is 0.00185. The molecule has 102 valence electrons. The molecular formula is C15H24O3. The number of ketones is 1. The average molecular weight is 252 g/mol. The van der Waals surface area contributed by atoms with Gasteiger partial charge >= 0.3 is 0 Å². The van der Waals surface area contributed by atoms with Gasteiger partial charge in [0, 0.05) is 25.6 Å². The number of rotatable bonds is 3. The third kappa shape index (κ3) is 2.14. The summed E-state index contributed by atoms with van der Waals surface area (Å²) < 4.78 is 0. The molecule has 1 saturated carbocycles. The molecule has 1 spiro atoms. The van der Waals surface area contributed by atoms with Gasteiger partial charge in [0.1, 0.15) is 0 Å². The topological polar surface area (TPSA) is 57.5 Å². The first-order valence-electron chi connectivity index (χ1n) is 6.97. The summed E-state index contributed by atoms with van der Waals surface area (Å²) in [5.41, 5.74) is 1.35. The molecule has 2 rings (SSSR count). The predicted molar refractivity (Wildman–Crippen MR) is 70.0 cm³/mol. The van der Waals surface area contributed by atoms with E-state index in [1.807, 2.05) is 6.08 Å². The molecule has 2 N–H and O–H groups in total. The van der Waals surface area contributed by atoms with Gasteiger partial charge in [-0.2, -0.15) is 0 Å². The second-order valence-corrected chi connectivity index (χ2v) is 6.18.